The highest BCUT2D eigenvalue weighted by atomic mass is 32.1. The minimum atomic E-state index is -2.84. The van der Waals surface area contributed by atoms with Crippen molar-refractivity contribution in [2.75, 3.05) is 6.54 Å². The third kappa shape index (κ3) is 5.65. The fraction of sp³-hybridized carbons (Fsp3) is 0.188. The number of halogens is 2. The molecule has 0 fully saturated rings. The van der Waals surface area contributed by atoms with Crippen LogP contribution in [0, 0.1) is 0 Å². The van der Waals surface area contributed by atoms with Crippen molar-refractivity contribution >= 4 is 23.3 Å². The van der Waals surface area contributed by atoms with Gasteiger partial charge in [0.15, 0.2) is 0 Å². The van der Waals surface area contributed by atoms with E-state index < -0.39 is 6.61 Å². The zero-order valence-electron chi connectivity index (χ0n) is 11.7. The molecule has 0 unspecified atom stereocenters. The Kier molecular flexibility index (Phi) is 6.09. The van der Waals surface area contributed by atoms with Gasteiger partial charge in [-0.3, -0.25) is 4.79 Å². The summed E-state index contributed by atoms with van der Waals surface area (Å²) in [5.74, 6) is -0.1000. The van der Waals surface area contributed by atoms with E-state index in [9.17, 15) is 13.6 Å². The second-order valence-electron chi connectivity index (χ2n) is 4.40. The van der Waals surface area contributed by atoms with E-state index in [1.807, 2.05) is 17.5 Å². The van der Waals surface area contributed by atoms with E-state index in [-0.39, 0.29) is 11.7 Å². The molecule has 0 saturated carbocycles. The monoisotopic (exact) mass is 323 g/mol. The SMILES string of the molecule is O=C(/C=C/c1ccc(OC(F)F)cc1)NCCc1cccs1. The van der Waals surface area contributed by atoms with Gasteiger partial charge in [-0.2, -0.15) is 8.78 Å². The Morgan fingerprint density at radius 2 is 2.05 bits per heavy atom. The molecule has 6 heteroatoms. The molecule has 0 saturated heterocycles. The molecule has 0 aliphatic carbocycles. The van der Waals surface area contributed by atoms with E-state index in [1.165, 1.54) is 23.1 Å². The predicted molar refractivity (Wildman–Crippen MR) is 83.1 cm³/mol. The van der Waals surface area contributed by atoms with Gasteiger partial charge in [0, 0.05) is 17.5 Å². The number of rotatable bonds is 7. The van der Waals surface area contributed by atoms with Crippen molar-refractivity contribution in [1.82, 2.24) is 5.32 Å². The lowest BCUT2D eigenvalue weighted by Crippen LogP contribution is -2.23. The molecule has 0 aliphatic rings. The minimum Gasteiger partial charge on any atom is -0.435 e. The molecule has 1 N–H and O–H groups in total. The molecule has 0 radical (unpaired) electrons. The zero-order valence-corrected chi connectivity index (χ0v) is 12.5. The number of hydrogen-bond donors (Lipinski definition) is 1. The summed E-state index contributed by atoms with van der Waals surface area (Å²) < 4.78 is 28.3. The van der Waals surface area contributed by atoms with Gasteiger partial charge in [0.1, 0.15) is 5.75 Å². The van der Waals surface area contributed by atoms with Crippen molar-refractivity contribution in [2.45, 2.75) is 13.0 Å². The van der Waals surface area contributed by atoms with Crippen molar-refractivity contribution in [3.63, 3.8) is 0 Å². The van der Waals surface area contributed by atoms with Crippen LogP contribution in [0.2, 0.25) is 0 Å². The van der Waals surface area contributed by atoms with Crippen LogP contribution >= 0.6 is 11.3 Å². The first-order chi connectivity index (χ1) is 10.6. The molecular weight excluding hydrogens is 308 g/mol. The highest BCUT2D eigenvalue weighted by Crippen LogP contribution is 2.15. The van der Waals surface area contributed by atoms with Crippen LogP contribution in [0.3, 0.4) is 0 Å². The molecule has 1 aromatic heterocycles. The summed E-state index contributed by atoms with van der Waals surface area (Å²) in [5.41, 5.74) is 0.732. The topological polar surface area (TPSA) is 38.3 Å². The standard InChI is InChI=1S/C16H15F2NO2S/c17-16(18)21-13-6-3-12(4-7-13)5-8-15(20)19-10-9-14-2-1-11-22-14/h1-8,11,16H,9-10H2,(H,19,20)/b8-5+. The first-order valence-corrected chi connectivity index (χ1v) is 7.54. The quantitative estimate of drug-likeness (QED) is 0.789. The molecular formula is C16H15F2NO2S. The van der Waals surface area contributed by atoms with Gasteiger partial charge in [-0.25, -0.2) is 0 Å². The molecule has 22 heavy (non-hydrogen) atoms. The maximum absolute atomic E-state index is 12.0. The molecule has 0 aliphatic heterocycles. The molecule has 0 bridgehead atoms. The second-order valence-corrected chi connectivity index (χ2v) is 5.43. The lowest BCUT2D eigenvalue weighted by molar-refractivity contribution is -0.116. The predicted octanol–water partition coefficient (Wildman–Crippen LogP) is 3.72. The number of carbonyl (C=O) groups excluding carboxylic acids is 1. The number of nitrogens with one attached hydrogen (secondary N) is 1. The molecule has 1 amide bonds. The van der Waals surface area contributed by atoms with E-state index in [0.29, 0.717) is 6.54 Å². The number of alkyl halides is 2. The molecule has 3 nitrogen and oxygen atoms in total. The molecule has 0 atom stereocenters. The highest BCUT2D eigenvalue weighted by Gasteiger charge is 2.03. The number of hydrogen-bond acceptors (Lipinski definition) is 3. The van der Waals surface area contributed by atoms with Gasteiger partial charge >= 0.3 is 6.61 Å². The van der Waals surface area contributed by atoms with Crippen LogP contribution in [-0.2, 0) is 11.2 Å². The Balaban J connectivity index is 1.76. The van der Waals surface area contributed by atoms with Gasteiger partial charge in [0.25, 0.3) is 0 Å². The van der Waals surface area contributed by atoms with E-state index >= 15 is 0 Å². The van der Waals surface area contributed by atoms with Crippen LogP contribution in [0.5, 0.6) is 5.75 Å². The maximum atomic E-state index is 12.0. The Morgan fingerprint density at radius 1 is 1.27 bits per heavy atom. The number of benzene rings is 1. The Labute approximate surface area is 131 Å². The molecule has 2 aromatic rings. The van der Waals surface area contributed by atoms with E-state index in [1.54, 1.807) is 29.5 Å². The minimum absolute atomic E-state index is 0.0903. The number of ether oxygens (including phenoxy) is 1. The molecule has 0 spiro atoms. The summed E-state index contributed by atoms with van der Waals surface area (Å²) in [6.45, 7) is -2.26. The average Bonchev–Trinajstić information content (AvgIpc) is 2.99. The zero-order chi connectivity index (χ0) is 15.8. The molecule has 1 heterocycles. The largest absolute Gasteiger partial charge is 0.435 e. The van der Waals surface area contributed by atoms with E-state index in [0.717, 1.165) is 12.0 Å². The van der Waals surface area contributed by atoms with Crippen LogP contribution in [-0.4, -0.2) is 19.1 Å². The first kappa shape index (κ1) is 16.2. The number of carbonyl (C=O) groups is 1. The Bertz CT molecular complexity index is 610. The highest BCUT2D eigenvalue weighted by molar-refractivity contribution is 7.09. The Morgan fingerprint density at radius 3 is 2.68 bits per heavy atom. The average molecular weight is 323 g/mol. The van der Waals surface area contributed by atoms with E-state index in [4.69, 9.17) is 0 Å². The van der Waals surface area contributed by atoms with E-state index in [2.05, 4.69) is 10.1 Å². The summed E-state index contributed by atoms with van der Waals surface area (Å²) in [4.78, 5) is 12.9. The smallest absolute Gasteiger partial charge is 0.387 e. The lowest BCUT2D eigenvalue weighted by atomic mass is 10.2. The number of thiophene rings is 1. The molecule has 1 aromatic carbocycles. The molecule has 2 rings (SSSR count). The van der Waals surface area contributed by atoms with Crippen molar-refractivity contribution in [1.29, 1.82) is 0 Å². The fourth-order valence-corrected chi connectivity index (χ4v) is 2.46. The van der Waals surface area contributed by atoms with Crippen molar-refractivity contribution in [3.8, 4) is 5.75 Å². The lowest BCUT2D eigenvalue weighted by Gasteiger charge is -2.04. The van der Waals surface area contributed by atoms with Crippen molar-refractivity contribution in [3.05, 3.63) is 58.3 Å². The van der Waals surface area contributed by atoms with Crippen molar-refractivity contribution in [2.24, 2.45) is 0 Å². The first-order valence-electron chi connectivity index (χ1n) is 6.66. The normalized spacial score (nSPS) is 11.0. The molecule has 116 valence electrons. The summed E-state index contributed by atoms with van der Waals surface area (Å²) in [5, 5.41) is 4.78. The summed E-state index contributed by atoms with van der Waals surface area (Å²) in [6.07, 6.45) is 3.83. The van der Waals surface area contributed by atoms with Crippen LogP contribution in [0.15, 0.2) is 47.9 Å². The fourth-order valence-electron chi connectivity index (χ4n) is 1.75. The summed E-state index contributed by atoms with van der Waals surface area (Å²) in [6, 6.07) is 10.1. The van der Waals surface area contributed by atoms with Gasteiger partial charge in [0.05, 0.1) is 0 Å². The van der Waals surface area contributed by atoms with Gasteiger partial charge in [-0.05, 0) is 41.6 Å². The summed E-state index contributed by atoms with van der Waals surface area (Å²) in [7, 11) is 0. The van der Waals surface area contributed by atoms with Gasteiger partial charge < -0.3 is 10.1 Å². The summed E-state index contributed by atoms with van der Waals surface area (Å²) >= 11 is 1.66. The van der Waals surface area contributed by atoms with Gasteiger partial charge in [0.2, 0.25) is 5.91 Å². The van der Waals surface area contributed by atoms with Crippen molar-refractivity contribution < 1.29 is 18.3 Å². The van der Waals surface area contributed by atoms with Crippen LogP contribution in [0.4, 0.5) is 8.78 Å². The maximum Gasteiger partial charge on any atom is 0.387 e. The van der Waals surface area contributed by atoms with Crippen LogP contribution in [0.25, 0.3) is 6.08 Å². The third-order valence-electron chi connectivity index (χ3n) is 2.78. The Hall–Kier alpha value is -2.21. The van der Waals surface area contributed by atoms with Crippen LogP contribution in [0.1, 0.15) is 10.4 Å². The van der Waals surface area contributed by atoms with Gasteiger partial charge in [-0.1, -0.05) is 18.2 Å². The van der Waals surface area contributed by atoms with Crippen LogP contribution < -0.4 is 10.1 Å². The van der Waals surface area contributed by atoms with Gasteiger partial charge in [-0.15, -0.1) is 11.3 Å². The third-order valence-corrected chi connectivity index (χ3v) is 3.72. The number of amides is 1. The second kappa shape index (κ2) is 8.29.